The molecule has 1 unspecified atom stereocenters. The summed E-state index contributed by atoms with van der Waals surface area (Å²) in [5.41, 5.74) is 0.897. The smallest absolute Gasteiger partial charge is 0.309 e. The van der Waals surface area contributed by atoms with E-state index in [2.05, 4.69) is 10.3 Å². The summed E-state index contributed by atoms with van der Waals surface area (Å²) in [5, 5.41) is 5.29. The van der Waals surface area contributed by atoms with Crippen molar-refractivity contribution in [1.29, 1.82) is 0 Å². The minimum Gasteiger partial charge on any atom is -0.469 e. The zero-order valence-corrected chi connectivity index (χ0v) is 12.5. The first-order valence-corrected chi connectivity index (χ1v) is 7.48. The van der Waals surface area contributed by atoms with Crippen LogP contribution in [0.15, 0.2) is 5.38 Å². The molecule has 7 heteroatoms. The number of anilines is 1. The molecule has 1 aliphatic rings. The maximum atomic E-state index is 11.9. The number of rotatable bonds is 4. The topological polar surface area (TPSA) is 71.5 Å². The Hall–Kier alpha value is -1.47. The second kappa shape index (κ2) is 6.81. The van der Waals surface area contributed by atoms with Crippen LogP contribution in [0.1, 0.15) is 18.5 Å². The number of ether oxygens (including phenoxy) is 1. The fourth-order valence-electron chi connectivity index (χ4n) is 2.33. The largest absolute Gasteiger partial charge is 0.469 e. The molecule has 0 aromatic carbocycles. The second-order valence-electron chi connectivity index (χ2n) is 4.94. The number of esters is 1. The fourth-order valence-corrected chi connectivity index (χ4v) is 3.04. The van der Waals surface area contributed by atoms with Gasteiger partial charge in [0, 0.05) is 11.9 Å². The van der Waals surface area contributed by atoms with Crippen molar-refractivity contribution < 1.29 is 14.3 Å². The Morgan fingerprint density at radius 2 is 2.40 bits per heavy atom. The quantitative estimate of drug-likeness (QED) is 0.848. The van der Waals surface area contributed by atoms with E-state index in [1.807, 2.05) is 17.2 Å². The van der Waals surface area contributed by atoms with Gasteiger partial charge in [-0.25, -0.2) is 4.98 Å². The highest BCUT2D eigenvalue weighted by atomic mass is 32.1. The van der Waals surface area contributed by atoms with Crippen LogP contribution < -0.4 is 5.32 Å². The van der Waals surface area contributed by atoms with Gasteiger partial charge in [-0.2, -0.15) is 0 Å². The van der Waals surface area contributed by atoms with Crippen molar-refractivity contribution in [3.8, 4) is 0 Å². The molecule has 2 heterocycles. The Morgan fingerprint density at radius 3 is 3.05 bits per heavy atom. The van der Waals surface area contributed by atoms with E-state index in [1.165, 1.54) is 18.4 Å². The van der Waals surface area contributed by atoms with Crippen molar-refractivity contribution >= 4 is 28.3 Å². The molecule has 1 aromatic heterocycles. The molecule has 0 bridgehead atoms. The average molecular weight is 297 g/mol. The predicted molar refractivity (Wildman–Crippen MR) is 76.7 cm³/mol. The molecule has 0 aliphatic carbocycles. The zero-order chi connectivity index (χ0) is 14.5. The van der Waals surface area contributed by atoms with Gasteiger partial charge in [0.1, 0.15) is 0 Å². The summed E-state index contributed by atoms with van der Waals surface area (Å²) < 4.78 is 4.77. The van der Waals surface area contributed by atoms with Gasteiger partial charge in [0.05, 0.1) is 25.3 Å². The van der Waals surface area contributed by atoms with E-state index in [1.54, 1.807) is 0 Å². The third-order valence-corrected chi connectivity index (χ3v) is 4.15. The van der Waals surface area contributed by atoms with Gasteiger partial charge in [0.2, 0.25) is 5.91 Å². The van der Waals surface area contributed by atoms with E-state index in [-0.39, 0.29) is 24.3 Å². The number of aryl methyl sites for hydroxylation is 1. The summed E-state index contributed by atoms with van der Waals surface area (Å²) in [4.78, 5) is 29.6. The van der Waals surface area contributed by atoms with Crippen LogP contribution in [0, 0.1) is 12.8 Å². The van der Waals surface area contributed by atoms with E-state index in [9.17, 15) is 9.59 Å². The van der Waals surface area contributed by atoms with E-state index in [0.29, 0.717) is 11.7 Å². The molecule has 2 rings (SSSR count). The highest BCUT2D eigenvalue weighted by molar-refractivity contribution is 7.13. The fraction of sp³-hybridized carbons (Fsp3) is 0.615. The van der Waals surface area contributed by atoms with Gasteiger partial charge in [-0.3, -0.25) is 14.5 Å². The number of hydrogen-bond donors (Lipinski definition) is 1. The number of carbonyl (C=O) groups is 2. The summed E-state index contributed by atoms with van der Waals surface area (Å²) in [6, 6.07) is 0. The van der Waals surface area contributed by atoms with E-state index < -0.39 is 0 Å². The van der Waals surface area contributed by atoms with Gasteiger partial charge in [0.15, 0.2) is 5.13 Å². The lowest BCUT2D eigenvalue weighted by atomic mass is 9.98. The molecule has 20 heavy (non-hydrogen) atoms. The van der Waals surface area contributed by atoms with Crippen LogP contribution in [-0.2, 0) is 14.3 Å². The molecule has 0 spiro atoms. The van der Waals surface area contributed by atoms with Crippen molar-refractivity contribution in [1.82, 2.24) is 9.88 Å². The second-order valence-corrected chi connectivity index (χ2v) is 5.80. The van der Waals surface area contributed by atoms with Crippen molar-refractivity contribution in [2.45, 2.75) is 19.8 Å². The average Bonchev–Trinajstić information content (AvgIpc) is 2.83. The molecule has 1 atom stereocenters. The number of amides is 1. The third kappa shape index (κ3) is 4.01. The van der Waals surface area contributed by atoms with E-state index in [0.717, 1.165) is 25.1 Å². The van der Waals surface area contributed by atoms with Gasteiger partial charge in [-0.05, 0) is 26.3 Å². The molecular formula is C13H19N3O3S. The monoisotopic (exact) mass is 297 g/mol. The van der Waals surface area contributed by atoms with Crippen LogP contribution in [0.5, 0.6) is 0 Å². The van der Waals surface area contributed by atoms with Gasteiger partial charge < -0.3 is 10.1 Å². The van der Waals surface area contributed by atoms with Crippen LogP contribution in [-0.4, -0.2) is 48.5 Å². The number of carbonyl (C=O) groups excluding carboxylic acids is 2. The molecule has 6 nitrogen and oxygen atoms in total. The van der Waals surface area contributed by atoms with Crippen molar-refractivity contribution in [2.75, 3.05) is 32.1 Å². The number of methoxy groups -OCH3 is 1. The van der Waals surface area contributed by atoms with Crippen molar-refractivity contribution in [2.24, 2.45) is 5.92 Å². The Labute approximate surface area is 122 Å². The number of nitrogens with zero attached hydrogens (tertiary/aromatic N) is 2. The highest BCUT2D eigenvalue weighted by Crippen LogP contribution is 2.18. The predicted octanol–water partition coefficient (Wildman–Crippen LogP) is 1.28. The van der Waals surface area contributed by atoms with Crippen molar-refractivity contribution in [3.05, 3.63) is 11.1 Å². The van der Waals surface area contributed by atoms with Gasteiger partial charge in [0.25, 0.3) is 0 Å². The summed E-state index contributed by atoms with van der Waals surface area (Å²) in [5.74, 6) is -0.404. The van der Waals surface area contributed by atoms with Crippen LogP contribution in [0.4, 0.5) is 5.13 Å². The van der Waals surface area contributed by atoms with Crippen LogP contribution in [0.2, 0.25) is 0 Å². The maximum Gasteiger partial charge on any atom is 0.309 e. The molecule has 1 saturated heterocycles. The molecule has 0 saturated carbocycles. The molecule has 1 aliphatic heterocycles. The Morgan fingerprint density at radius 1 is 1.60 bits per heavy atom. The summed E-state index contributed by atoms with van der Waals surface area (Å²) >= 11 is 1.41. The third-order valence-electron chi connectivity index (χ3n) is 3.27. The number of likely N-dealkylation sites (tertiary alicyclic amines) is 1. The number of aromatic nitrogens is 1. The van der Waals surface area contributed by atoms with Gasteiger partial charge in [-0.15, -0.1) is 11.3 Å². The molecule has 1 N–H and O–H groups in total. The van der Waals surface area contributed by atoms with Crippen molar-refractivity contribution in [3.63, 3.8) is 0 Å². The van der Waals surface area contributed by atoms with E-state index in [4.69, 9.17) is 4.74 Å². The zero-order valence-electron chi connectivity index (χ0n) is 11.7. The summed E-state index contributed by atoms with van der Waals surface area (Å²) in [6.07, 6.45) is 1.74. The normalized spacial score (nSPS) is 19.6. The molecule has 1 aromatic rings. The standard InChI is InChI=1S/C13H19N3O3S/c1-9-8-20-13(14-9)15-11(17)7-16-5-3-4-10(6-16)12(18)19-2/h8,10H,3-7H2,1-2H3,(H,14,15,17). The lowest BCUT2D eigenvalue weighted by Gasteiger charge is -2.30. The Bertz CT molecular complexity index is 489. The Kier molecular flexibility index (Phi) is 5.08. The molecular weight excluding hydrogens is 278 g/mol. The van der Waals surface area contributed by atoms with Gasteiger partial charge in [-0.1, -0.05) is 0 Å². The highest BCUT2D eigenvalue weighted by Gasteiger charge is 2.27. The van der Waals surface area contributed by atoms with E-state index >= 15 is 0 Å². The lowest BCUT2D eigenvalue weighted by molar-refractivity contribution is -0.147. The Balaban J connectivity index is 1.83. The molecule has 1 fully saturated rings. The lowest BCUT2D eigenvalue weighted by Crippen LogP contribution is -2.42. The number of piperidine rings is 1. The minimum absolute atomic E-state index is 0.0927. The SMILES string of the molecule is COC(=O)C1CCCN(CC(=O)Nc2nc(C)cs2)C1. The number of nitrogens with one attached hydrogen (secondary N) is 1. The molecule has 110 valence electrons. The number of thiazole rings is 1. The summed E-state index contributed by atoms with van der Waals surface area (Å²) in [6.45, 7) is 3.58. The first-order valence-electron chi connectivity index (χ1n) is 6.60. The number of hydrogen-bond acceptors (Lipinski definition) is 6. The first-order chi connectivity index (χ1) is 9.58. The molecule has 1 amide bonds. The van der Waals surface area contributed by atoms with Crippen LogP contribution in [0.3, 0.4) is 0 Å². The molecule has 0 radical (unpaired) electrons. The van der Waals surface area contributed by atoms with Gasteiger partial charge >= 0.3 is 5.97 Å². The van der Waals surface area contributed by atoms with Crippen LogP contribution in [0.25, 0.3) is 0 Å². The summed E-state index contributed by atoms with van der Waals surface area (Å²) in [7, 11) is 1.40. The maximum absolute atomic E-state index is 11.9. The van der Waals surface area contributed by atoms with Crippen LogP contribution >= 0.6 is 11.3 Å². The first kappa shape index (κ1) is 14.9. The minimum atomic E-state index is -0.189.